The van der Waals surface area contributed by atoms with E-state index in [-0.39, 0.29) is 0 Å². The van der Waals surface area contributed by atoms with Crippen molar-refractivity contribution >= 4 is 11.8 Å². The highest BCUT2D eigenvalue weighted by Gasteiger charge is 2.34. The Morgan fingerprint density at radius 1 is 1.05 bits per heavy atom. The number of hydrogen-bond acceptors (Lipinski definition) is 2. The molecule has 0 amide bonds. The summed E-state index contributed by atoms with van der Waals surface area (Å²) in [4.78, 5) is 0. The molecule has 1 aliphatic carbocycles. The van der Waals surface area contributed by atoms with Crippen molar-refractivity contribution < 1.29 is 0 Å². The monoisotopic (exact) mass is 303 g/mol. The van der Waals surface area contributed by atoms with Crippen molar-refractivity contribution in [2.75, 3.05) is 11.5 Å². The van der Waals surface area contributed by atoms with Crippen LogP contribution in [0.1, 0.15) is 57.4 Å². The average molecular weight is 304 g/mol. The summed E-state index contributed by atoms with van der Waals surface area (Å²) in [5, 5.41) is 4.00. The molecule has 2 fully saturated rings. The zero-order valence-corrected chi connectivity index (χ0v) is 14.3. The fraction of sp³-hybridized carbons (Fsp3) is 0.684. The van der Waals surface area contributed by atoms with Gasteiger partial charge in [-0.3, -0.25) is 0 Å². The van der Waals surface area contributed by atoms with Crippen LogP contribution in [0.4, 0.5) is 0 Å². The van der Waals surface area contributed by atoms with Crippen molar-refractivity contribution in [3.8, 4) is 0 Å². The van der Waals surface area contributed by atoms with E-state index in [9.17, 15) is 0 Å². The van der Waals surface area contributed by atoms with E-state index < -0.39 is 0 Å². The lowest BCUT2D eigenvalue weighted by atomic mass is 9.79. The van der Waals surface area contributed by atoms with Crippen molar-refractivity contribution in [3.05, 3.63) is 35.9 Å². The fourth-order valence-electron chi connectivity index (χ4n) is 3.81. The Balaban J connectivity index is 1.52. The van der Waals surface area contributed by atoms with Crippen molar-refractivity contribution in [2.45, 2.75) is 64.0 Å². The molecule has 1 nitrogen and oxygen atoms in total. The van der Waals surface area contributed by atoms with Crippen molar-refractivity contribution in [2.24, 2.45) is 5.41 Å². The molecule has 0 aromatic heterocycles. The van der Waals surface area contributed by atoms with Crippen molar-refractivity contribution in [3.63, 3.8) is 0 Å². The first-order chi connectivity index (χ1) is 10.1. The summed E-state index contributed by atoms with van der Waals surface area (Å²) in [5.74, 6) is 3.43. The Kier molecular flexibility index (Phi) is 4.96. The van der Waals surface area contributed by atoms with Crippen LogP contribution >= 0.6 is 11.8 Å². The molecule has 1 saturated carbocycles. The molecule has 3 rings (SSSR count). The standard InChI is InChI=1S/C19H29NS/c1-19(2)12-13-21-14-18(19)20-17-10-8-16(9-11-17)15-6-4-3-5-7-15/h3-7,16-18,20H,8-14H2,1-2H3. The fourth-order valence-corrected chi connectivity index (χ4v) is 5.43. The third-order valence-electron chi connectivity index (χ3n) is 5.55. The average Bonchev–Trinajstić information content (AvgIpc) is 2.51. The molecular formula is C19H29NS. The number of nitrogens with one attached hydrogen (secondary N) is 1. The SMILES string of the molecule is CC1(C)CCSCC1NC1CCC(c2ccccc2)CC1. The molecule has 1 heterocycles. The van der Waals surface area contributed by atoms with Crippen LogP contribution in [0.15, 0.2) is 30.3 Å². The van der Waals surface area contributed by atoms with Gasteiger partial charge in [-0.2, -0.15) is 11.8 Å². The Morgan fingerprint density at radius 2 is 1.76 bits per heavy atom. The summed E-state index contributed by atoms with van der Waals surface area (Å²) in [7, 11) is 0. The van der Waals surface area contributed by atoms with Gasteiger partial charge in [0.25, 0.3) is 0 Å². The van der Waals surface area contributed by atoms with Gasteiger partial charge in [0.1, 0.15) is 0 Å². The lowest BCUT2D eigenvalue weighted by Crippen LogP contribution is -2.51. The summed E-state index contributed by atoms with van der Waals surface area (Å²) in [5.41, 5.74) is 2.02. The van der Waals surface area contributed by atoms with Crippen LogP contribution < -0.4 is 5.32 Å². The van der Waals surface area contributed by atoms with Gasteiger partial charge >= 0.3 is 0 Å². The smallest absolute Gasteiger partial charge is 0.0212 e. The zero-order chi connectivity index (χ0) is 14.7. The Bertz CT molecular complexity index is 434. The van der Waals surface area contributed by atoms with Gasteiger partial charge in [0.15, 0.2) is 0 Å². The Morgan fingerprint density at radius 3 is 2.43 bits per heavy atom. The topological polar surface area (TPSA) is 12.0 Å². The number of benzene rings is 1. The second-order valence-electron chi connectivity index (χ2n) is 7.49. The predicted octanol–water partition coefficient (Wildman–Crippen LogP) is 4.83. The predicted molar refractivity (Wildman–Crippen MR) is 94.1 cm³/mol. The lowest BCUT2D eigenvalue weighted by Gasteiger charge is -2.42. The molecule has 2 aliphatic rings. The Labute approximate surface area is 134 Å². The first kappa shape index (κ1) is 15.4. The highest BCUT2D eigenvalue weighted by Crippen LogP contribution is 2.37. The number of hydrogen-bond donors (Lipinski definition) is 1. The molecule has 1 atom stereocenters. The number of thioether (sulfide) groups is 1. The maximum absolute atomic E-state index is 4.00. The van der Waals surface area contributed by atoms with Crippen LogP contribution in [-0.4, -0.2) is 23.6 Å². The van der Waals surface area contributed by atoms with E-state index >= 15 is 0 Å². The molecule has 1 aliphatic heterocycles. The highest BCUT2D eigenvalue weighted by atomic mass is 32.2. The summed E-state index contributed by atoms with van der Waals surface area (Å²) in [6.45, 7) is 4.89. The van der Waals surface area contributed by atoms with Gasteiger partial charge in [-0.15, -0.1) is 0 Å². The van der Waals surface area contributed by atoms with Crippen molar-refractivity contribution in [1.29, 1.82) is 0 Å². The molecule has 1 aromatic rings. The quantitative estimate of drug-likeness (QED) is 0.858. The second kappa shape index (κ2) is 6.75. The van der Waals surface area contributed by atoms with E-state index in [4.69, 9.17) is 0 Å². The molecule has 21 heavy (non-hydrogen) atoms. The van der Waals surface area contributed by atoms with Crippen LogP contribution in [0, 0.1) is 5.41 Å². The summed E-state index contributed by atoms with van der Waals surface area (Å²) in [6.07, 6.45) is 6.74. The zero-order valence-electron chi connectivity index (χ0n) is 13.5. The first-order valence-electron chi connectivity index (χ1n) is 8.54. The molecule has 0 radical (unpaired) electrons. The second-order valence-corrected chi connectivity index (χ2v) is 8.64. The largest absolute Gasteiger partial charge is 0.310 e. The molecule has 1 saturated heterocycles. The molecular weight excluding hydrogens is 274 g/mol. The van der Waals surface area contributed by atoms with Crippen LogP contribution in [-0.2, 0) is 0 Å². The first-order valence-corrected chi connectivity index (χ1v) is 9.69. The van der Waals surface area contributed by atoms with E-state index in [1.165, 1.54) is 43.6 Å². The summed E-state index contributed by atoms with van der Waals surface area (Å²) < 4.78 is 0. The van der Waals surface area contributed by atoms with Gasteiger partial charge < -0.3 is 5.32 Å². The minimum Gasteiger partial charge on any atom is -0.310 e. The van der Waals surface area contributed by atoms with E-state index in [2.05, 4.69) is 61.3 Å². The minimum absolute atomic E-state index is 0.474. The summed E-state index contributed by atoms with van der Waals surface area (Å²) in [6, 6.07) is 12.5. The van der Waals surface area contributed by atoms with Gasteiger partial charge in [0, 0.05) is 17.8 Å². The summed E-state index contributed by atoms with van der Waals surface area (Å²) >= 11 is 2.13. The van der Waals surface area contributed by atoms with Crippen molar-refractivity contribution in [1.82, 2.24) is 5.32 Å². The highest BCUT2D eigenvalue weighted by molar-refractivity contribution is 7.99. The van der Waals surface area contributed by atoms with Gasteiger partial charge in [0.05, 0.1) is 0 Å². The van der Waals surface area contributed by atoms with Gasteiger partial charge in [0.2, 0.25) is 0 Å². The van der Waals surface area contributed by atoms with E-state index in [1.807, 2.05) is 0 Å². The van der Waals surface area contributed by atoms with E-state index in [0.29, 0.717) is 11.5 Å². The molecule has 1 unspecified atom stereocenters. The molecule has 1 aromatic carbocycles. The normalized spacial score (nSPS) is 32.8. The maximum Gasteiger partial charge on any atom is 0.0212 e. The van der Waals surface area contributed by atoms with Gasteiger partial charge in [-0.1, -0.05) is 44.2 Å². The van der Waals surface area contributed by atoms with Crippen LogP contribution in [0.2, 0.25) is 0 Å². The van der Waals surface area contributed by atoms with Crippen LogP contribution in [0.3, 0.4) is 0 Å². The Hall–Kier alpha value is -0.470. The third-order valence-corrected chi connectivity index (χ3v) is 6.62. The van der Waals surface area contributed by atoms with E-state index in [0.717, 1.165) is 12.0 Å². The lowest BCUT2D eigenvalue weighted by molar-refractivity contribution is 0.206. The molecule has 2 heteroatoms. The molecule has 116 valence electrons. The number of rotatable bonds is 3. The van der Waals surface area contributed by atoms with Gasteiger partial charge in [-0.05, 0) is 54.8 Å². The van der Waals surface area contributed by atoms with Gasteiger partial charge in [-0.25, -0.2) is 0 Å². The van der Waals surface area contributed by atoms with Crippen LogP contribution in [0.5, 0.6) is 0 Å². The molecule has 0 spiro atoms. The third kappa shape index (κ3) is 3.84. The molecule has 0 bridgehead atoms. The van der Waals surface area contributed by atoms with E-state index in [1.54, 1.807) is 5.56 Å². The maximum atomic E-state index is 4.00. The van der Waals surface area contributed by atoms with Crippen LogP contribution in [0.25, 0.3) is 0 Å². The molecule has 1 N–H and O–H groups in total. The minimum atomic E-state index is 0.474.